The van der Waals surface area contributed by atoms with Gasteiger partial charge in [-0.25, -0.2) is 0 Å². The SMILES string of the molecule is CCCCCC=CCC=CCCCCCCCCN(C)CCSCCCCCCCC/C=C\CCCCCCCC. The van der Waals surface area contributed by atoms with Gasteiger partial charge in [0.05, 0.1) is 0 Å². The monoisotopic (exact) mass is 590 g/mol. The number of thioether (sulfide) groups is 1. The van der Waals surface area contributed by atoms with Gasteiger partial charge in [-0.2, -0.15) is 11.8 Å². The van der Waals surface area contributed by atoms with E-state index < -0.39 is 0 Å². The van der Waals surface area contributed by atoms with Crippen LogP contribution in [0.2, 0.25) is 0 Å². The number of rotatable bonds is 34. The fourth-order valence-electron chi connectivity index (χ4n) is 5.26. The summed E-state index contributed by atoms with van der Waals surface area (Å²) in [6.45, 7) is 7.11. The van der Waals surface area contributed by atoms with Crippen LogP contribution in [-0.2, 0) is 0 Å². The van der Waals surface area contributed by atoms with Crippen LogP contribution >= 0.6 is 11.8 Å². The van der Waals surface area contributed by atoms with Gasteiger partial charge in [0.25, 0.3) is 0 Å². The van der Waals surface area contributed by atoms with E-state index in [2.05, 4.69) is 74.0 Å². The Kier molecular flexibility index (Phi) is 37.1. The molecule has 0 aliphatic heterocycles. The van der Waals surface area contributed by atoms with E-state index in [1.807, 2.05) is 0 Å². The summed E-state index contributed by atoms with van der Waals surface area (Å²) < 4.78 is 0. The minimum atomic E-state index is 1.12. The van der Waals surface area contributed by atoms with E-state index in [4.69, 9.17) is 0 Å². The van der Waals surface area contributed by atoms with E-state index in [0.717, 1.165) is 6.42 Å². The molecule has 0 radical (unpaired) electrons. The van der Waals surface area contributed by atoms with Crippen molar-refractivity contribution < 1.29 is 0 Å². The third-order valence-electron chi connectivity index (χ3n) is 8.16. The van der Waals surface area contributed by atoms with Crippen molar-refractivity contribution in [2.75, 3.05) is 31.6 Å². The first-order chi connectivity index (χ1) is 20.3. The van der Waals surface area contributed by atoms with Crippen LogP contribution < -0.4 is 0 Å². The van der Waals surface area contributed by atoms with Crippen molar-refractivity contribution in [3.8, 4) is 0 Å². The molecule has 2 heteroatoms. The number of nitrogens with zero attached hydrogens (tertiary/aromatic N) is 1. The lowest BCUT2D eigenvalue weighted by Crippen LogP contribution is -2.22. The fourth-order valence-corrected chi connectivity index (χ4v) is 6.31. The van der Waals surface area contributed by atoms with Crippen LogP contribution in [0.5, 0.6) is 0 Å². The van der Waals surface area contributed by atoms with Gasteiger partial charge < -0.3 is 4.90 Å². The molecule has 0 aromatic rings. The van der Waals surface area contributed by atoms with Gasteiger partial charge >= 0.3 is 0 Å². The molecule has 0 saturated carbocycles. The second-order valence-electron chi connectivity index (χ2n) is 12.4. The molecule has 0 fully saturated rings. The van der Waals surface area contributed by atoms with Crippen molar-refractivity contribution in [3.63, 3.8) is 0 Å². The molecule has 0 aliphatic rings. The molecule has 0 atom stereocenters. The van der Waals surface area contributed by atoms with E-state index >= 15 is 0 Å². The van der Waals surface area contributed by atoms with Gasteiger partial charge in [-0.3, -0.25) is 0 Å². The van der Waals surface area contributed by atoms with Crippen molar-refractivity contribution >= 4 is 11.8 Å². The summed E-state index contributed by atoms with van der Waals surface area (Å²) >= 11 is 2.17. The number of unbranched alkanes of at least 4 members (excludes halogenated alkanes) is 21. The van der Waals surface area contributed by atoms with Crippen molar-refractivity contribution in [3.05, 3.63) is 36.5 Å². The first-order valence-electron chi connectivity index (χ1n) is 18.5. The topological polar surface area (TPSA) is 3.24 Å². The highest BCUT2D eigenvalue weighted by atomic mass is 32.2. The van der Waals surface area contributed by atoms with Gasteiger partial charge in [0, 0.05) is 12.3 Å². The number of hydrogen-bond donors (Lipinski definition) is 0. The maximum atomic E-state index is 2.55. The summed E-state index contributed by atoms with van der Waals surface area (Å²) in [4.78, 5) is 2.55. The fraction of sp³-hybridized carbons (Fsp3) is 0.846. The molecule has 0 aromatic heterocycles. The molecule has 0 bridgehead atoms. The molecule has 0 rings (SSSR count). The first-order valence-corrected chi connectivity index (χ1v) is 19.7. The predicted molar refractivity (Wildman–Crippen MR) is 194 cm³/mol. The van der Waals surface area contributed by atoms with E-state index in [9.17, 15) is 0 Å². The van der Waals surface area contributed by atoms with Crippen LogP contribution in [0.1, 0.15) is 181 Å². The number of hydrogen-bond acceptors (Lipinski definition) is 2. The van der Waals surface area contributed by atoms with E-state index in [1.54, 1.807) is 0 Å². The van der Waals surface area contributed by atoms with Crippen molar-refractivity contribution in [2.24, 2.45) is 0 Å². The lowest BCUT2D eigenvalue weighted by Gasteiger charge is -2.16. The zero-order chi connectivity index (χ0) is 29.7. The second kappa shape index (κ2) is 37.6. The van der Waals surface area contributed by atoms with Gasteiger partial charge in [0.15, 0.2) is 0 Å². The second-order valence-corrected chi connectivity index (χ2v) is 13.7. The Morgan fingerprint density at radius 3 is 1.32 bits per heavy atom. The van der Waals surface area contributed by atoms with Crippen LogP contribution in [0, 0.1) is 0 Å². The van der Waals surface area contributed by atoms with Crippen LogP contribution in [0.25, 0.3) is 0 Å². The lowest BCUT2D eigenvalue weighted by molar-refractivity contribution is 0.343. The standard InChI is InChI=1S/C39H75NS/c1-4-6-8-10-12-14-16-18-20-22-24-26-28-30-32-34-36-40(3)37-39-41-38-35-33-31-29-27-25-23-21-19-17-15-13-11-9-7-5-2/h12,14,18-21H,4-11,13,15-17,22-39H2,1-3H3/b14-12?,20-18?,21-19-. The molecular formula is C39H75NS. The largest absolute Gasteiger partial charge is 0.306 e. The lowest BCUT2D eigenvalue weighted by atomic mass is 10.1. The maximum Gasteiger partial charge on any atom is 0.00693 e. The summed E-state index contributed by atoms with van der Waals surface area (Å²) in [5.41, 5.74) is 0. The molecule has 1 nitrogen and oxygen atoms in total. The average molecular weight is 590 g/mol. The van der Waals surface area contributed by atoms with Gasteiger partial charge in [0.1, 0.15) is 0 Å². The summed E-state index contributed by atoms with van der Waals surface area (Å²) in [6.07, 6.45) is 50.0. The molecule has 41 heavy (non-hydrogen) atoms. The summed E-state index contributed by atoms with van der Waals surface area (Å²) in [5, 5.41) is 0. The van der Waals surface area contributed by atoms with Gasteiger partial charge in [-0.15, -0.1) is 0 Å². The van der Waals surface area contributed by atoms with Gasteiger partial charge in [0.2, 0.25) is 0 Å². The van der Waals surface area contributed by atoms with E-state index in [-0.39, 0.29) is 0 Å². The summed E-state index contributed by atoms with van der Waals surface area (Å²) in [5.74, 6) is 2.67. The van der Waals surface area contributed by atoms with E-state index in [0.29, 0.717) is 0 Å². The van der Waals surface area contributed by atoms with Crippen molar-refractivity contribution in [1.29, 1.82) is 0 Å². The number of allylic oxidation sites excluding steroid dienone is 6. The highest BCUT2D eigenvalue weighted by Gasteiger charge is 1.99. The zero-order valence-corrected chi connectivity index (χ0v) is 29.3. The van der Waals surface area contributed by atoms with Crippen molar-refractivity contribution in [2.45, 2.75) is 181 Å². The molecule has 0 amide bonds. The molecule has 0 heterocycles. The maximum absolute atomic E-state index is 2.55. The molecule has 0 aromatic carbocycles. The van der Waals surface area contributed by atoms with Crippen LogP contribution in [-0.4, -0.2) is 36.5 Å². The van der Waals surface area contributed by atoms with Crippen LogP contribution in [0.4, 0.5) is 0 Å². The molecule has 0 unspecified atom stereocenters. The Bertz CT molecular complexity index is 552. The van der Waals surface area contributed by atoms with Crippen molar-refractivity contribution in [1.82, 2.24) is 4.90 Å². The summed E-state index contributed by atoms with van der Waals surface area (Å²) in [6, 6.07) is 0. The Balaban J connectivity index is 3.24. The molecule has 0 saturated heterocycles. The Labute approximate surface area is 264 Å². The minimum absolute atomic E-state index is 1.12. The smallest absolute Gasteiger partial charge is 0.00693 e. The quantitative estimate of drug-likeness (QED) is 0.0542. The third-order valence-corrected chi connectivity index (χ3v) is 9.21. The normalized spacial score (nSPS) is 12.3. The molecule has 242 valence electrons. The Hall–Kier alpha value is -0.470. The third kappa shape index (κ3) is 37.5. The average Bonchev–Trinajstić information content (AvgIpc) is 2.98. The first kappa shape index (κ1) is 40.5. The van der Waals surface area contributed by atoms with Crippen LogP contribution in [0.3, 0.4) is 0 Å². The van der Waals surface area contributed by atoms with Gasteiger partial charge in [-0.05, 0) is 90.0 Å². The molecule has 0 N–H and O–H groups in total. The molecule has 0 aliphatic carbocycles. The van der Waals surface area contributed by atoms with Crippen LogP contribution in [0.15, 0.2) is 36.5 Å². The Morgan fingerprint density at radius 2 is 0.780 bits per heavy atom. The molecular weight excluding hydrogens is 515 g/mol. The Morgan fingerprint density at radius 1 is 0.390 bits per heavy atom. The summed E-state index contributed by atoms with van der Waals surface area (Å²) in [7, 11) is 2.32. The van der Waals surface area contributed by atoms with E-state index in [1.165, 1.54) is 185 Å². The molecule has 0 spiro atoms. The highest BCUT2D eigenvalue weighted by Crippen LogP contribution is 2.13. The predicted octanol–water partition coefficient (Wildman–Crippen LogP) is 13.5. The van der Waals surface area contributed by atoms with Gasteiger partial charge in [-0.1, -0.05) is 147 Å². The zero-order valence-electron chi connectivity index (χ0n) is 28.5. The minimum Gasteiger partial charge on any atom is -0.306 e. The highest BCUT2D eigenvalue weighted by molar-refractivity contribution is 7.99.